The van der Waals surface area contributed by atoms with Crippen LogP contribution in [0, 0.1) is 5.82 Å². The molecule has 0 aromatic heterocycles. The third-order valence-corrected chi connectivity index (χ3v) is 3.06. The lowest BCUT2D eigenvalue weighted by molar-refractivity contribution is 0.280. The van der Waals surface area contributed by atoms with Gasteiger partial charge in [-0.15, -0.1) is 0 Å². The quantitative estimate of drug-likeness (QED) is 0.626. The molecule has 0 saturated heterocycles. The van der Waals surface area contributed by atoms with Crippen molar-refractivity contribution in [1.29, 1.82) is 0 Å². The van der Waals surface area contributed by atoms with Gasteiger partial charge in [0.05, 0.1) is 0 Å². The van der Waals surface area contributed by atoms with Gasteiger partial charge in [-0.05, 0) is 26.0 Å². The Kier molecular flexibility index (Phi) is 5.32. The van der Waals surface area contributed by atoms with Crippen LogP contribution in [-0.4, -0.2) is 0 Å². The summed E-state index contributed by atoms with van der Waals surface area (Å²) in [7, 11) is 0. The minimum Gasteiger partial charge on any atom is -0.431 e. The van der Waals surface area contributed by atoms with Gasteiger partial charge < -0.3 is 4.74 Å². The minimum atomic E-state index is -0.575. The van der Waals surface area contributed by atoms with Crippen LogP contribution in [0.2, 0.25) is 0 Å². The molecular formula is C14H17BrF2O. The molecule has 1 aliphatic heterocycles. The fourth-order valence-electron chi connectivity index (χ4n) is 1.76. The molecule has 0 radical (unpaired) electrons. The fraction of sp³-hybridized carbons (Fsp3) is 0.429. The van der Waals surface area contributed by atoms with Crippen molar-refractivity contribution in [2.24, 2.45) is 0 Å². The van der Waals surface area contributed by atoms with Gasteiger partial charge >= 0.3 is 0 Å². The Labute approximate surface area is 115 Å². The van der Waals surface area contributed by atoms with Crippen molar-refractivity contribution in [3.8, 4) is 5.75 Å². The van der Waals surface area contributed by atoms with Crippen LogP contribution in [0.4, 0.5) is 8.78 Å². The number of allylic oxidation sites excluding steroid dienone is 1. The molecule has 0 bridgehead atoms. The zero-order valence-corrected chi connectivity index (χ0v) is 12.6. The smallest absolute Gasteiger partial charge is 0.277 e. The monoisotopic (exact) mass is 318 g/mol. The summed E-state index contributed by atoms with van der Waals surface area (Å²) in [4.78, 5) is -0.0804. The van der Waals surface area contributed by atoms with Crippen molar-refractivity contribution >= 4 is 15.9 Å². The number of benzene rings is 1. The van der Waals surface area contributed by atoms with Gasteiger partial charge in [0.2, 0.25) is 0 Å². The Hall–Kier alpha value is -0.900. The maximum atomic E-state index is 13.4. The molecule has 18 heavy (non-hydrogen) atoms. The van der Waals surface area contributed by atoms with Crippen LogP contribution in [0.1, 0.15) is 43.6 Å². The molecule has 0 aliphatic carbocycles. The summed E-state index contributed by atoms with van der Waals surface area (Å²) in [6.07, 6.45) is 0.394. The van der Waals surface area contributed by atoms with Crippen molar-refractivity contribution < 1.29 is 13.5 Å². The number of ether oxygens (including phenoxy) is 1. The molecule has 0 fully saturated rings. The van der Waals surface area contributed by atoms with E-state index in [0.717, 1.165) is 0 Å². The highest BCUT2D eigenvalue weighted by Crippen LogP contribution is 2.39. The van der Waals surface area contributed by atoms with E-state index < -0.39 is 6.01 Å². The van der Waals surface area contributed by atoms with Crippen molar-refractivity contribution in [1.82, 2.24) is 0 Å². The first-order chi connectivity index (χ1) is 8.49. The first-order valence-corrected chi connectivity index (χ1v) is 6.90. The zero-order valence-electron chi connectivity index (χ0n) is 11.0. The number of fused-ring (bicyclic) bond motifs is 1. The van der Waals surface area contributed by atoms with E-state index >= 15 is 0 Å². The normalized spacial score (nSPS) is 15.3. The molecule has 4 heteroatoms. The van der Waals surface area contributed by atoms with E-state index in [1.165, 1.54) is 12.1 Å². The first kappa shape index (κ1) is 15.2. The number of rotatable bonds is 1. The summed E-state index contributed by atoms with van der Waals surface area (Å²) in [5.74, 6) is 0.118. The van der Waals surface area contributed by atoms with Gasteiger partial charge in [0.1, 0.15) is 11.6 Å². The summed E-state index contributed by atoms with van der Waals surface area (Å²) in [5.41, 5.74) is 1.82. The van der Waals surface area contributed by atoms with Crippen molar-refractivity contribution in [2.45, 2.75) is 38.9 Å². The molecule has 0 spiro atoms. The summed E-state index contributed by atoms with van der Waals surface area (Å²) in [6.45, 7) is 7.49. The largest absolute Gasteiger partial charge is 0.431 e. The van der Waals surface area contributed by atoms with Gasteiger partial charge in [0.15, 0.2) is 0 Å². The van der Waals surface area contributed by atoms with E-state index in [1.54, 1.807) is 6.92 Å². The number of alkyl halides is 1. The molecule has 1 unspecified atom stereocenters. The highest BCUT2D eigenvalue weighted by molar-refractivity contribution is 9.09. The summed E-state index contributed by atoms with van der Waals surface area (Å²) < 4.78 is 31.8. The van der Waals surface area contributed by atoms with Gasteiger partial charge in [-0.2, -0.15) is 4.39 Å². The Morgan fingerprint density at radius 1 is 1.28 bits per heavy atom. The zero-order chi connectivity index (χ0) is 13.9. The lowest BCUT2D eigenvalue weighted by Crippen LogP contribution is -2.09. The second kappa shape index (κ2) is 6.32. The molecule has 1 aromatic rings. The Bertz CT molecular complexity index is 467. The Balaban J connectivity index is 0.000000771. The summed E-state index contributed by atoms with van der Waals surface area (Å²) in [6, 6.07) is 2.18. The number of hydrogen-bond donors (Lipinski definition) is 0. The third kappa shape index (κ3) is 3.10. The van der Waals surface area contributed by atoms with E-state index in [0.29, 0.717) is 28.9 Å². The second-order valence-electron chi connectivity index (χ2n) is 3.93. The molecule has 100 valence electrons. The van der Waals surface area contributed by atoms with Gasteiger partial charge in [0, 0.05) is 27.9 Å². The maximum Gasteiger partial charge on any atom is 0.277 e. The molecule has 0 amide bonds. The lowest BCUT2D eigenvalue weighted by Gasteiger charge is -2.21. The van der Waals surface area contributed by atoms with Gasteiger partial charge in [-0.25, -0.2) is 4.39 Å². The molecule has 1 nitrogen and oxygen atoms in total. The molecular weight excluding hydrogens is 302 g/mol. The van der Waals surface area contributed by atoms with E-state index in [1.807, 2.05) is 20.8 Å². The molecule has 1 aliphatic rings. The van der Waals surface area contributed by atoms with Crippen LogP contribution < -0.4 is 4.74 Å². The van der Waals surface area contributed by atoms with E-state index in [4.69, 9.17) is 4.74 Å². The average Bonchev–Trinajstić information content (AvgIpc) is 2.33. The van der Waals surface area contributed by atoms with Gasteiger partial charge in [-0.3, -0.25) is 0 Å². The Morgan fingerprint density at radius 2 is 1.89 bits per heavy atom. The van der Waals surface area contributed by atoms with Crippen LogP contribution in [0.25, 0.3) is 0 Å². The predicted molar refractivity (Wildman–Crippen MR) is 73.2 cm³/mol. The molecule has 1 aromatic carbocycles. The molecule has 0 N–H and O–H groups in total. The molecule has 1 atom stereocenters. The van der Waals surface area contributed by atoms with Crippen molar-refractivity contribution in [3.63, 3.8) is 0 Å². The minimum absolute atomic E-state index is 0.0804. The summed E-state index contributed by atoms with van der Waals surface area (Å²) >= 11 is 3.35. The number of hydrogen-bond acceptors (Lipinski definition) is 1. The van der Waals surface area contributed by atoms with E-state index in [9.17, 15) is 8.78 Å². The highest BCUT2D eigenvalue weighted by atomic mass is 79.9. The highest BCUT2D eigenvalue weighted by Gasteiger charge is 2.23. The molecule has 0 saturated carbocycles. The van der Waals surface area contributed by atoms with Gasteiger partial charge in [-0.1, -0.05) is 29.8 Å². The van der Waals surface area contributed by atoms with Crippen LogP contribution in [0.3, 0.4) is 0 Å². The number of halogens is 3. The Morgan fingerprint density at radius 3 is 2.44 bits per heavy atom. The predicted octanol–water partition coefficient (Wildman–Crippen LogP) is 5.44. The molecule has 1 heterocycles. The van der Waals surface area contributed by atoms with Crippen molar-refractivity contribution in [2.75, 3.05) is 0 Å². The summed E-state index contributed by atoms with van der Waals surface area (Å²) in [5, 5.41) is 0. The van der Waals surface area contributed by atoms with Crippen molar-refractivity contribution in [3.05, 3.63) is 40.7 Å². The van der Waals surface area contributed by atoms with Crippen LogP contribution in [-0.2, 0) is 6.42 Å². The lowest BCUT2D eigenvalue weighted by atomic mass is 9.99. The molecule has 2 rings (SSSR count). The second-order valence-corrected chi connectivity index (χ2v) is 5.31. The SMILES string of the molecule is CC.CC1=C(F)Oc2c(cc(F)cc2C(C)Br)C1. The van der Waals surface area contributed by atoms with E-state index in [2.05, 4.69) is 15.9 Å². The third-order valence-electron chi connectivity index (χ3n) is 2.57. The van der Waals surface area contributed by atoms with Crippen LogP contribution in [0.5, 0.6) is 5.75 Å². The standard InChI is InChI=1S/C12H11BrF2O.C2H6/c1-6-3-8-4-9(14)5-10(7(2)13)11(8)16-12(6)15;1-2/h4-5,7H,3H2,1-2H3;1-2H3. The van der Waals surface area contributed by atoms with Crippen LogP contribution in [0.15, 0.2) is 23.7 Å². The first-order valence-electron chi connectivity index (χ1n) is 5.98. The van der Waals surface area contributed by atoms with Crippen LogP contribution >= 0.6 is 15.9 Å². The average molecular weight is 319 g/mol. The topological polar surface area (TPSA) is 9.23 Å². The van der Waals surface area contributed by atoms with Gasteiger partial charge in [0.25, 0.3) is 6.01 Å². The van der Waals surface area contributed by atoms with E-state index in [-0.39, 0.29) is 10.6 Å². The fourth-order valence-corrected chi connectivity index (χ4v) is 2.10. The maximum absolute atomic E-state index is 13.4.